The average molecular weight is 238 g/mol. The van der Waals surface area contributed by atoms with Crippen LogP contribution in [0.5, 0.6) is 0 Å². The van der Waals surface area contributed by atoms with Crippen molar-refractivity contribution in [1.82, 2.24) is 14.5 Å². The van der Waals surface area contributed by atoms with E-state index in [0.717, 1.165) is 0 Å². The van der Waals surface area contributed by atoms with E-state index >= 15 is 0 Å². The van der Waals surface area contributed by atoms with Crippen molar-refractivity contribution in [2.75, 3.05) is 26.3 Å². The van der Waals surface area contributed by atoms with Gasteiger partial charge in [0.2, 0.25) is 0 Å². The molecule has 1 saturated heterocycles. The van der Waals surface area contributed by atoms with Gasteiger partial charge in [0.1, 0.15) is 5.69 Å². The quantitative estimate of drug-likeness (QED) is 0.785. The summed E-state index contributed by atoms with van der Waals surface area (Å²) in [6.45, 7) is 5.02. The van der Waals surface area contributed by atoms with Crippen molar-refractivity contribution >= 4 is 5.91 Å². The van der Waals surface area contributed by atoms with Crippen LogP contribution in [0.4, 0.5) is 0 Å². The van der Waals surface area contributed by atoms with Gasteiger partial charge in [0.25, 0.3) is 5.91 Å². The first-order valence-corrected chi connectivity index (χ1v) is 5.83. The van der Waals surface area contributed by atoms with Crippen LogP contribution < -0.4 is 5.73 Å². The minimum absolute atomic E-state index is 0.0310. The van der Waals surface area contributed by atoms with Crippen LogP contribution in [-0.2, 0) is 11.3 Å². The van der Waals surface area contributed by atoms with Crippen molar-refractivity contribution in [2.24, 2.45) is 5.73 Å². The molecule has 6 nitrogen and oxygen atoms in total. The molecule has 1 aliphatic heterocycles. The number of amides is 1. The second kappa shape index (κ2) is 5.29. The van der Waals surface area contributed by atoms with Crippen molar-refractivity contribution in [3.8, 4) is 0 Å². The lowest BCUT2D eigenvalue weighted by Crippen LogP contribution is -2.47. The van der Waals surface area contributed by atoms with E-state index in [1.165, 1.54) is 0 Å². The Morgan fingerprint density at radius 1 is 1.71 bits per heavy atom. The molecule has 0 aliphatic carbocycles. The first kappa shape index (κ1) is 12.1. The summed E-state index contributed by atoms with van der Waals surface area (Å²) < 4.78 is 7.14. The van der Waals surface area contributed by atoms with Crippen molar-refractivity contribution in [1.29, 1.82) is 0 Å². The number of hydrogen-bond acceptors (Lipinski definition) is 4. The number of carbonyl (C=O) groups is 1. The second-order valence-corrected chi connectivity index (χ2v) is 4.21. The van der Waals surface area contributed by atoms with Gasteiger partial charge in [-0.25, -0.2) is 4.98 Å². The molecule has 1 amide bonds. The number of nitrogens with two attached hydrogens (primary N) is 1. The predicted octanol–water partition coefficient (Wildman–Crippen LogP) is -0.297. The Bertz CT molecular complexity index is 391. The van der Waals surface area contributed by atoms with Crippen molar-refractivity contribution in [3.63, 3.8) is 0 Å². The van der Waals surface area contributed by atoms with Gasteiger partial charge in [-0.3, -0.25) is 4.79 Å². The van der Waals surface area contributed by atoms with Crippen LogP contribution in [-0.4, -0.2) is 52.7 Å². The molecule has 0 bridgehead atoms. The number of ether oxygens (including phenoxy) is 1. The number of morpholine rings is 1. The van der Waals surface area contributed by atoms with E-state index in [4.69, 9.17) is 10.5 Å². The summed E-state index contributed by atoms with van der Waals surface area (Å²) in [6.07, 6.45) is 3.39. The Hall–Kier alpha value is -1.40. The van der Waals surface area contributed by atoms with Crippen molar-refractivity contribution < 1.29 is 9.53 Å². The molecule has 0 radical (unpaired) electrons. The number of rotatable bonds is 3. The fourth-order valence-corrected chi connectivity index (χ4v) is 1.92. The Morgan fingerprint density at radius 3 is 3.24 bits per heavy atom. The molecular weight excluding hydrogens is 220 g/mol. The lowest BCUT2D eigenvalue weighted by Gasteiger charge is -2.32. The lowest BCUT2D eigenvalue weighted by atomic mass is 10.2. The maximum Gasteiger partial charge on any atom is 0.274 e. The molecule has 0 spiro atoms. The number of imidazole rings is 1. The van der Waals surface area contributed by atoms with Gasteiger partial charge in [-0.2, -0.15) is 0 Å². The molecule has 1 fully saturated rings. The summed E-state index contributed by atoms with van der Waals surface area (Å²) in [5.41, 5.74) is 5.93. The third-order valence-corrected chi connectivity index (χ3v) is 2.87. The highest BCUT2D eigenvalue weighted by molar-refractivity contribution is 5.92. The van der Waals surface area contributed by atoms with Crippen LogP contribution in [0.2, 0.25) is 0 Å². The van der Waals surface area contributed by atoms with Gasteiger partial charge in [0.15, 0.2) is 0 Å². The second-order valence-electron chi connectivity index (χ2n) is 4.21. The molecule has 1 aliphatic rings. The first-order chi connectivity index (χ1) is 8.22. The van der Waals surface area contributed by atoms with E-state index in [1.54, 1.807) is 17.4 Å². The molecule has 2 N–H and O–H groups in total. The zero-order valence-corrected chi connectivity index (χ0v) is 10.0. The monoisotopic (exact) mass is 238 g/mol. The van der Waals surface area contributed by atoms with Crippen molar-refractivity contribution in [3.05, 3.63) is 18.2 Å². The van der Waals surface area contributed by atoms with E-state index in [9.17, 15) is 4.79 Å². The SMILES string of the molecule is CC1COCCN1C(=O)c1cn(CCN)cn1. The zero-order chi connectivity index (χ0) is 12.3. The summed E-state index contributed by atoms with van der Waals surface area (Å²) in [5, 5.41) is 0. The molecular formula is C11H18N4O2. The van der Waals surface area contributed by atoms with E-state index in [-0.39, 0.29) is 11.9 Å². The highest BCUT2D eigenvalue weighted by Crippen LogP contribution is 2.10. The highest BCUT2D eigenvalue weighted by atomic mass is 16.5. The molecule has 17 heavy (non-hydrogen) atoms. The third kappa shape index (κ3) is 2.65. The van der Waals surface area contributed by atoms with E-state index < -0.39 is 0 Å². The van der Waals surface area contributed by atoms with Crippen LogP contribution >= 0.6 is 0 Å². The minimum atomic E-state index is -0.0310. The Balaban J connectivity index is 2.07. The van der Waals surface area contributed by atoms with Gasteiger partial charge in [-0.15, -0.1) is 0 Å². The molecule has 1 aromatic heterocycles. The zero-order valence-electron chi connectivity index (χ0n) is 10.0. The molecule has 2 rings (SSSR count). The van der Waals surface area contributed by atoms with E-state index in [2.05, 4.69) is 4.98 Å². The molecule has 1 aromatic rings. The van der Waals surface area contributed by atoms with Crippen LogP contribution in [0.1, 0.15) is 17.4 Å². The van der Waals surface area contributed by atoms with Crippen molar-refractivity contribution in [2.45, 2.75) is 19.5 Å². The normalized spacial score (nSPS) is 20.6. The molecule has 0 saturated carbocycles. The van der Waals surface area contributed by atoms with Gasteiger partial charge in [0, 0.05) is 25.8 Å². The van der Waals surface area contributed by atoms with E-state index in [1.807, 2.05) is 11.5 Å². The summed E-state index contributed by atoms with van der Waals surface area (Å²) in [4.78, 5) is 18.1. The fourth-order valence-electron chi connectivity index (χ4n) is 1.92. The number of carbonyl (C=O) groups excluding carboxylic acids is 1. The number of nitrogens with zero attached hydrogens (tertiary/aromatic N) is 3. The van der Waals surface area contributed by atoms with Gasteiger partial charge < -0.3 is 19.9 Å². The van der Waals surface area contributed by atoms with Gasteiger partial charge in [-0.1, -0.05) is 0 Å². The summed E-state index contributed by atoms with van der Waals surface area (Å²) in [7, 11) is 0. The first-order valence-electron chi connectivity index (χ1n) is 5.83. The number of hydrogen-bond donors (Lipinski definition) is 1. The standard InChI is InChI=1S/C11H18N4O2/c1-9-7-17-5-4-15(9)11(16)10-6-14(3-2-12)8-13-10/h6,8-9H,2-5,7,12H2,1H3. The fraction of sp³-hybridized carbons (Fsp3) is 0.636. The van der Waals surface area contributed by atoms with Gasteiger partial charge in [-0.05, 0) is 6.92 Å². The molecule has 1 atom stereocenters. The predicted molar refractivity (Wildman–Crippen MR) is 62.6 cm³/mol. The summed E-state index contributed by atoms with van der Waals surface area (Å²) >= 11 is 0. The molecule has 1 unspecified atom stereocenters. The minimum Gasteiger partial charge on any atom is -0.377 e. The lowest BCUT2D eigenvalue weighted by molar-refractivity contribution is 0.00329. The van der Waals surface area contributed by atoms with Gasteiger partial charge in [0.05, 0.1) is 25.6 Å². The molecule has 94 valence electrons. The van der Waals surface area contributed by atoms with Crippen LogP contribution in [0.25, 0.3) is 0 Å². The smallest absolute Gasteiger partial charge is 0.274 e. The Kier molecular flexibility index (Phi) is 3.75. The summed E-state index contributed by atoms with van der Waals surface area (Å²) in [5.74, 6) is -0.0310. The largest absolute Gasteiger partial charge is 0.377 e. The Labute approximate surface area is 100 Å². The molecule has 6 heteroatoms. The van der Waals surface area contributed by atoms with Gasteiger partial charge >= 0.3 is 0 Å². The topological polar surface area (TPSA) is 73.4 Å². The third-order valence-electron chi connectivity index (χ3n) is 2.87. The van der Waals surface area contributed by atoms with Crippen LogP contribution in [0, 0.1) is 0 Å². The summed E-state index contributed by atoms with van der Waals surface area (Å²) in [6, 6.07) is 0.107. The Morgan fingerprint density at radius 2 is 2.53 bits per heavy atom. The van der Waals surface area contributed by atoms with E-state index in [0.29, 0.717) is 38.5 Å². The molecule has 2 heterocycles. The van der Waals surface area contributed by atoms with Crippen LogP contribution in [0.15, 0.2) is 12.5 Å². The highest BCUT2D eigenvalue weighted by Gasteiger charge is 2.25. The number of aromatic nitrogens is 2. The maximum absolute atomic E-state index is 12.2. The maximum atomic E-state index is 12.2. The molecule has 0 aromatic carbocycles. The van der Waals surface area contributed by atoms with Crippen LogP contribution in [0.3, 0.4) is 0 Å². The average Bonchev–Trinajstić information content (AvgIpc) is 2.78.